The first-order chi connectivity index (χ1) is 63.3. The molecule has 4 fully saturated rings. The van der Waals surface area contributed by atoms with Crippen LogP contribution >= 0.6 is 0 Å². The van der Waals surface area contributed by atoms with Crippen LogP contribution in [0.4, 0.5) is 25.8 Å². The summed E-state index contributed by atoms with van der Waals surface area (Å²) < 4.78 is 106. The molecule has 0 radical (unpaired) electrons. The van der Waals surface area contributed by atoms with Gasteiger partial charge in [0, 0.05) is 125 Å². The number of aryl methyl sites for hydroxylation is 1. The number of nitrogens with zero attached hydrogens (tertiary/aromatic N) is 4. The number of hydrogen-bond donors (Lipinski definition) is 4. The minimum absolute atomic E-state index is 0.00164. The van der Waals surface area contributed by atoms with Gasteiger partial charge in [-0.1, -0.05) is 57.2 Å². The van der Waals surface area contributed by atoms with Crippen molar-refractivity contribution in [2.45, 2.75) is 233 Å². The molecule has 3 saturated heterocycles. The summed E-state index contributed by atoms with van der Waals surface area (Å²) in [4.78, 5) is 169. The maximum absolute atomic E-state index is 15.0. The van der Waals surface area contributed by atoms with Gasteiger partial charge in [-0.3, -0.25) is 43.2 Å². The Hall–Kier alpha value is -11.5. The maximum Gasteiger partial charge on any atom is 0.416 e. The Kier molecular flexibility index (Phi) is 37.3. The fraction of sp³-hybridized carbons (Fsp3) is 0.579. The van der Waals surface area contributed by atoms with Gasteiger partial charge in [-0.2, -0.15) is 0 Å². The number of methoxy groups -OCH3 is 3. The number of ketones is 2. The second kappa shape index (κ2) is 47.9. The van der Waals surface area contributed by atoms with Crippen LogP contribution in [0.2, 0.25) is 0 Å². The number of nitrogens with one attached hydrogen (secondary N) is 2. The van der Waals surface area contributed by atoms with Crippen molar-refractivity contribution in [3.8, 4) is 28.7 Å². The molecule has 38 heteroatoms. The van der Waals surface area contributed by atoms with E-state index in [0.29, 0.717) is 41.5 Å². The molecular formula is C95H126N6O32. The summed E-state index contributed by atoms with van der Waals surface area (Å²) in [6, 6.07) is 11.9. The van der Waals surface area contributed by atoms with Crippen molar-refractivity contribution in [2.24, 2.45) is 17.8 Å². The van der Waals surface area contributed by atoms with Gasteiger partial charge < -0.3 is 116 Å². The Balaban J connectivity index is 0.892. The summed E-state index contributed by atoms with van der Waals surface area (Å²) in [6.07, 6.45) is -12.0. The van der Waals surface area contributed by atoms with Gasteiger partial charge in [0.1, 0.15) is 61.0 Å². The summed E-state index contributed by atoms with van der Waals surface area (Å²) in [5.41, 5.74) is 1.38. The van der Waals surface area contributed by atoms with Gasteiger partial charge in [0.05, 0.1) is 105 Å². The first-order valence-corrected chi connectivity index (χ1v) is 44.6. The molecule has 1 aliphatic carbocycles. The molecule has 133 heavy (non-hydrogen) atoms. The number of carbonyl (C=O) groups excluding carboxylic acids is 12. The lowest BCUT2D eigenvalue weighted by molar-refractivity contribution is -0.263. The van der Waals surface area contributed by atoms with Crippen molar-refractivity contribution in [1.29, 1.82) is 0 Å². The highest BCUT2D eigenvalue weighted by Gasteiger charge is 2.52. The van der Waals surface area contributed by atoms with Gasteiger partial charge in [-0.25, -0.2) is 24.2 Å². The lowest BCUT2D eigenvalue weighted by Gasteiger charge is -2.43. The number of alkyl carbamates (subject to hydrolysis) is 1. The summed E-state index contributed by atoms with van der Waals surface area (Å²) in [7, 11) is 4.33. The minimum Gasteiger partial charge on any atom is -0.493 e. The van der Waals surface area contributed by atoms with Crippen molar-refractivity contribution in [2.75, 3.05) is 117 Å². The van der Waals surface area contributed by atoms with Crippen LogP contribution in [0.25, 0.3) is 0 Å². The Labute approximate surface area is 773 Å². The number of ether oxygens (including phenoxy) is 18. The van der Waals surface area contributed by atoms with Crippen LogP contribution < -0.4 is 44.1 Å². The van der Waals surface area contributed by atoms with E-state index in [1.807, 2.05) is 13.8 Å². The van der Waals surface area contributed by atoms with Crippen molar-refractivity contribution >= 4 is 82.8 Å². The molecule has 0 aromatic heterocycles. The van der Waals surface area contributed by atoms with Crippen LogP contribution in [-0.4, -0.2) is 278 Å². The van der Waals surface area contributed by atoms with Crippen molar-refractivity contribution in [1.82, 2.24) is 20.4 Å². The van der Waals surface area contributed by atoms with Crippen LogP contribution in [0.15, 0.2) is 85.0 Å². The largest absolute Gasteiger partial charge is 0.493 e. The first kappa shape index (κ1) is 104. The molecule has 6 amide bonds. The number of benzene rings is 4. The van der Waals surface area contributed by atoms with Gasteiger partial charge in [0.25, 0.3) is 11.8 Å². The topological polar surface area (TPSA) is 448 Å². The maximum atomic E-state index is 15.0. The number of Topliss-reactive ketones (excluding diaryl/α,β-unsaturated/α-hetero) is 2. The average Bonchev–Trinajstić information content (AvgIpc) is 1.60. The third kappa shape index (κ3) is 27.6. The fourth-order valence-electron chi connectivity index (χ4n) is 16.7. The zero-order valence-electron chi connectivity index (χ0n) is 78.2. The van der Waals surface area contributed by atoms with E-state index in [1.54, 1.807) is 47.6 Å². The van der Waals surface area contributed by atoms with Gasteiger partial charge in [-0.05, 0) is 132 Å². The Morgan fingerprint density at radius 1 is 0.549 bits per heavy atom. The number of anilines is 2. The van der Waals surface area contributed by atoms with Crippen LogP contribution in [0, 0.1) is 24.7 Å². The number of rotatable bonds is 43. The second-order valence-corrected chi connectivity index (χ2v) is 34.9. The summed E-state index contributed by atoms with van der Waals surface area (Å²) >= 11 is 0. The van der Waals surface area contributed by atoms with Crippen LogP contribution in [0.5, 0.6) is 28.7 Å². The quantitative estimate of drug-likeness (QED) is 0.0105. The molecule has 0 bridgehead atoms. The normalized spacial score (nSPS) is 22.8. The molecule has 10 rings (SSSR count). The number of amides is 6. The van der Waals surface area contributed by atoms with Crippen molar-refractivity contribution < 1.29 is 153 Å². The summed E-state index contributed by atoms with van der Waals surface area (Å²) in [6.45, 7) is 27.0. The fourth-order valence-corrected chi connectivity index (χ4v) is 16.7. The van der Waals surface area contributed by atoms with E-state index in [2.05, 4.69) is 23.8 Å². The van der Waals surface area contributed by atoms with E-state index in [-0.39, 0.29) is 203 Å². The Bertz CT molecular complexity index is 4860. The van der Waals surface area contributed by atoms with Gasteiger partial charge in [0.15, 0.2) is 41.6 Å². The predicted molar refractivity (Wildman–Crippen MR) is 475 cm³/mol. The standard InChI is InChI=1S/C95H126N6O32/c1-52-38-72-89(111)100(93(114)124-50-64-23-25-77(69(43-64)75(107)21-19-30-117-16)132-91-86(130-62(11)105)84(128-60(9)103)57(6)58(7)126-91)70-45-78(55(4)40-66(70)87(109)98(72)47-52)122-31-26-65(97-82(108)51-121-37-36-120-35-34-119-33-28-96-92(113)133-95(12,13)14)27-32-123-80-46-71-67(44-79(80)118-17)88(110)99-48-53(2)39-73(99)90(112)101(71)94(115)125-49-63-22-24-76(68(42-63)74(106)20-18-29-116-15)131-81-41-54(3)56(5)83(127-59(8)102)85(81)129-61(10)104/h22-25,40,42-46,54,56-58,65,72-73,81,83-86,89-91,111-112H,1-2,18-21,26-39,41,47-51H2,3-17H3,(H,96,113)(H,97,108)/t54-,56+,57+,58+,65?,72-,73-,81+,83-,84-,85-,86+,89?,90?,91-/m0/s1. The van der Waals surface area contributed by atoms with E-state index < -0.39 is 170 Å². The zero-order valence-corrected chi connectivity index (χ0v) is 78.2. The molecule has 15 atom stereocenters. The lowest BCUT2D eigenvalue weighted by atomic mass is 9.76. The van der Waals surface area contributed by atoms with Crippen LogP contribution in [0.3, 0.4) is 0 Å². The van der Waals surface area contributed by atoms with Gasteiger partial charge in [-0.15, -0.1) is 0 Å². The number of aliphatic hydroxyl groups is 2. The second-order valence-electron chi connectivity index (χ2n) is 34.9. The third-order valence-corrected chi connectivity index (χ3v) is 23.5. The molecule has 1 saturated carbocycles. The SMILES string of the molecule is C=C1C[C@H]2C(O)N(C(=O)OCc3ccc(O[C@@H]4O[C@H](C)[C@@H](C)[C@H](OC(C)=O)[C@H]4OC(C)=O)c(C(=O)CCCOC)c3)c3cc(OCCC(CCOc4cc5c(cc4OC)C(=O)N4CC(=C)C[C@H]4C(O)N5C(=O)OCc4ccc(O[C@@H]5C[C@H](C)[C@@H](C)[C@H](OC(C)=O)[C@H]5OC(C)=O)c(C(=O)CCCOC)c4)NC(=O)COCCOCCOCCNC(=O)OC(C)(C)C)c(C)cc3C(=O)N2C1. The molecule has 5 aliphatic heterocycles. The van der Waals surface area contributed by atoms with Gasteiger partial charge >= 0.3 is 42.2 Å². The molecule has 6 aliphatic rings. The number of carbonyl (C=O) groups is 12. The van der Waals surface area contributed by atoms with Crippen molar-refractivity contribution in [3.63, 3.8) is 0 Å². The van der Waals surface area contributed by atoms with E-state index in [4.69, 9.17) is 85.3 Å². The monoisotopic (exact) mass is 1860 g/mol. The van der Waals surface area contributed by atoms with E-state index in [0.717, 1.165) is 9.80 Å². The molecular weight excluding hydrogens is 1740 g/mol. The summed E-state index contributed by atoms with van der Waals surface area (Å²) in [5.74, 6) is -5.56. The molecule has 4 aromatic carbocycles. The Morgan fingerprint density at radius 3 is 1.53 bits per heavy atom. The smallest absolute Gasteiger partial charge is 0.416 e. The third-order valence-electron chi connectivity index (χ3n) is 23.5. The number of hydrogen-bond acceptors (Lipinski definition) is 32. The molecule has 4 aromatic rings. The average molecular weight is 1860 g/mol. The number of aliphatic hydroxyl groups excluding tert-OH is 2. The molecule has 5 heterocycles. The predicted octanol–water partition coefficient (Wildman–Crippen LogP) is 9.92. The minimum atomic E-state index is -1.75. The lowest BCUT2D eigenvalue weighted by Crippen LogP contribution is -2.57. The van der Waals surface area contributed by atoms with Crippen molar-refractivity contribution in [3.05, 3.63) is 124 Å². The first-order valence-electron chi connectivity index (χ1n) is 44.6. The molecule has 0 spiro atoms. The number of esters is 4. The number of fused-ring (bicyclic) bond motifs is 4. The van der Waals surface area contributed by atoms with Gasteiger partial charge in [0.2, 0.25) is 18.3 Å². The molecule has 38 nitrogen and oxygen atoms in total. The van der Waals surface area contributed by atoms with Crippen LogP contribution in [0.1, 0.15) is 192 Å². The summed E-state index contributed by atoms with van der Waals surface area (Å²) in [5, 5.41) is 30.5. The van der Waals surface area contributed by atoms with Crippen LogP contribution in [-0.2, 0) is 98.8 Å². The zero-order chi connectivity index (χ0) is 96.8. The Morgan fingerprint density at radius 2 is 1.02 bits per heavy atom. The highest BCUT2D eigenvalue weighted by molar-refractivity contribution is 6.07. The highest BCUT2D eigenvalue weighted by Crippen LogP contribution is 2.45. The molecule has 4 N–H and O–H groups in total. The van der Waals surface area contributed by atoms with E-state index in [9.17, 15) is 63.0 Å². The molecule has 728 valence electrons. The van der Waals surface area contributed by atoms with E-state index >= 15 is 4.79 Å². The highest BCUT2D eigenvalue weighted by atomic mass is 16.7. The molecule has 3 unspecified atom stereocenters. The van der Waals surface area contributed by atoms with E-state index in [1.165, 1.54) is 113 Å².